The zero-order chi connectivity index (χ0) is 12.9. The molecule has 0 spiro atoms. The number of rotatable bonds is 6. The molecule has 0 saturated carbocycles. The minimum absolute atomic E-state index is 0.287. The van der Waals surface area contributed by atoms with E-state index >= 15 is 0 Å². The van der Waals surface area contributed by atoms with Crippen molar-refractivity contribution in [2.45, 2.75) is 26.3 Å². The average Bonchev–Trinajstić information content (AvgIpc) is 2.09. The Morgan fingerprint density at radius 3 is 2.19 bits per heavy atom. The van der Waals surface area contributed by atoms with Gasteiger partial charge in [-0.3, -0.25) is 9.59 Å². The lowest BCUT2D eigenvalue weighted by atomic mass is 10.2. The molecule has 6 nitrogen and oxygen atoms in total. The Morgan fingerprint density at radius 1 is 1.38 bits per heavy atom. The van der Waals surface area contributed by atoms with Gasteiger partial charge < -0.3 is 10.0 Å². The highest BCUT2D eigenvalue weighted by Crippen LogP contribution is 2.05. The van der Waals surface area contributed by atoms with Crippen molar-refractivity contribution in [2.24, 2.45) is 0 Å². The third-order valence-corrected chi connectivity index (χ3v) is 2.91. The summed E-state index contributed by atoms with van der Waals surface area (Å²) in [6.45, 7) is 3.01. The molecule has 0 radical (unpaired) electrons. The van der Waals surface area contributed by atoms with E-state index in [0.717, 1.165) is 11.2 Å². The lowest BCUT2D eigenvalue weighted by Gasteiger charge is -2.26. The molecule has 0 saturated heterocycles. The number of amides is 1. The molecule has 0 rings (SSSR count). The van der Waals surface area contributed by atoms with Crippen molar-refractivity contribution in [3.05, 3.63) is 0 Å². The quantitative estimate of drug-likeness (QED) is 0.702. The highest BCUT2D eigenvalue weighted by atomic mass is 32.2. The lowest BCUT2D eigenvalue weighted by Crippen LogP contribution is -2.44. The van der Waals surface area contributed by atoms with Gasteiger partial charge in [-0.05, 0) is 13.3 Å². The summed E-state index contributed by atoms with van der Waals surface area (Å²) in [4.78, 5) is 23.2. The third kappa shape index (κ3) is 5.69. The van der Waals surface area contributed by atoms with Crippen molar-refractivity contribution < 1.29 is 23.1 Å². The van der Waals surface area contributed by atoms with Gasteiger partial charge in [-0.2, -0.15) is 0 Å². The third-order valence-electron chi connectivity index (χ3n) is 2.13. The molecule has 7 heteroatoms. The molecule has 0 aromatic heterocycles. The van der Waals surface area contributed by atoms with Crippen LogP contribution >= 0.6 is 0 Å². The maximum Gasteiger partial charge on any atom is 0.323 e. The molecule has 0 aliphatic heterocycles. The largest absolute Gasteiger partial charge is 0.480 e. The molecular weight excluding hydrogens is 234 g/mol. The molecular formula is C9H17NO5S. The van der Waals surface area contributed by atoms with Gasteiger partial charge >= 0.3 is 5.97 Å². The van der Waals surface area contributed by atoms with Gasteiger partial charge in [0.25, 0.3) is 0 Å². The van der Waals surface area contributed by atoms with Crippen LogP contribution in [0.3, 0.4) is 0 Å². The number of carbonyl (C=O) groups excluding carboxylic acids is 1. The molecule has 0 bridgehead atoms. The van der Waals surface area contributed by atoms with Crippen LogP contribution in [0, 0.1) is 0 Å². The van der Waals surface area contributed by atoms with E-state index in [1.54, 1.807) is 13.8 Å². The van der Waals surface area contributed by atoms with Gasteiger partial charge in [0.2, 0.25) is 5.91 Å². The van der Waals surface area contributed by atoms with Crippen LogP contribution in [0.4, 0.5) is 0 Å². The van der Waals surface area contributed by atoms with E-state index in [9.17, 15) is 18.0 Å². The summed E-state index contributed by atoms with van der Waals surface area (Å²) in [6.07, 6.45) is 1.52. The fourth-order valence-electron chi connectivity index (χ4n) is 1.16. The molecule has 1 amide bonds. The predicted octanol–water partition coefficient (Wildman–Crippen LogP) is -0.257. The molecule has 1 unspecified atom stereocenters. The molecule has 0 aromatic carbocycles. The lowest BCUT2D eigenvalue weighted by molar-refractivity contribution is -0.144. The summed E-state index contributed by atoms with van der Waals surface area (Å²) in [6, 6.07) is -0.287. The van der Waals surface area contributed by atoms with Crippen LogP contribution in [-0.2, 0) is 19.4 Å². The number of carbonyl (C=O) groups is 2. The maximum atomic E-state index is 11.6. The van der Waals surface area contributed by atoms with E-state index < -0.39 is 34.0 Å². The van der Waals surface area contributed by atoms with Gasteiger partial charge in [0.1, 0.15) is 12.3 Å². The number of hydrogen-bond donors (Lipinski definition) is 1. The van der Waals surface area contributed by atoms with Crippen molar-refractivity contribution >= 4 is 21.7 Å². The molecule has 0 heterocycles. The SMILES string of the molecule is CCC(C)N(CC(=O)O)C(=O)CS(C)(=O)=O. The Balaban J connectivity index is 4.76. The first-order valence-electron chi connectivity index (χ1n) is 4.86. The number of nitrogens with zero attached hydrogens (tertiary/aromatic N) is 1. The van der Waals surface area contributed by atoms with Gasteiger partial charge in [-0.25, -0.2) is 8.42 Å². The van der Waals surface area contributed by atoms with E-state index in [0.29, 0.717) is 6.42 Å². The zero-order valence-electron chi connectivity index (χ0n) is 9.63. The van der Waals surface area contributed by atoms with Crippen LogP contribution in [0.5, 0.6) is 0 Å². The highest BCUT2D eigenvalue weighted by Gasteiger charge is 2.24. The summed E-state index contributed by atoms with van der Waals surface area (Å²) < 4.78 is 21.9. The normalized spacial score (nSPS) is 13.2. The molecule has 16 heavy (non-hydrogen) atoms. The van der Waals surface area contributed by atoms with E-state index in [-0.39, 0.29) is 6.04 Å². The number of aliphatic carboxylic acids is 1. The average molecular weight is 251 g/mol. The number of carboxylic acid groups (broad SMARTS) is 1. The Labute approximate surface area is 95.2 Å². The molecule has 94 valence electrons. The molecule has 1 N–H and O–H groups in total. The standard InChI is InChI=1S/C9H17NO5S/c1-4-7(2)10(5-9(12)13)8(11)6-16(3,14)15/h7H,4-6H2,1-3H3,(H,12,13). The molecule has 0 aromatic rings. The van der Waals surface area contributed by atoms with E-state index in [1.165, 1.54) is 0 Å². The number of sulfone groups is 1. The molecule has 0 aliphatic carbocycles. The van der Waals surface area contributed by atoms with Crippen molar-refractivity contribution in [3.8, 4) is 0 Å². The predicted molar refractivity (Wildman–Crippen MR) is 58.8 cm³/mol. The minimum atomic E-state index is -3.43. The Morgan fingerprint density at radius 2 is 1.88 bits per heavy atom. The van der Waals surface area contributed by atoms with Gasteiger partial charge in [0.15, 0.2) is 9.84 Å². The second-order valence-corrected chi connectivity index (χ2v) is 5.88. The topological polar surface area (TPSA) is 91.8 Å². The summed E-state index contributed by atoms with van der Waals surface area (Å²) in [5, 5.41) is 8.63. The monoisotopic (exact) mass is 251 g/mol. The summed E-state index contributed by atoms with van der Waals surface area (Å²) in [7, 11) is -3.43. The van der Waals surface area contributed by atoms with Crippen LogP contribution in [0.15, 0.2) is 0 Å². The fourth-order valence-corrected chi connectivity index (χ4v) is 1.78. The van der Waals surface area contributed by atoms with Gasteiger partial charge in [0, 0.05) is 12.3 Å². The number of carboxylic acids is 1. The minimum Gasteiger partial charge on any atom is -0.480 e. The summed E-state index contributed by atoms with van der Waals surface area (Å²) in [5.74, 6) is -2.47. The van der Waals surface area contributed by atoms with Crippen molar-refractivity contribution in [1.82, 2.24) is 4.90 Å². The van der Waals surface area contributed by atoms with Gasteiger partial charge in [0.05, 0.1) is 0 Å². The van der Waals surface area contributed by atoms with Crippen molar-refractivity contribution in [1.29, 1.82) is 0 Å². The maximum absolute atomic E-state index is 11.6. The summed E-state index contributed by atoms with van der Waals surface area (Å²) in [5.41, 5.74) is 0. The van der Waals surface area contributed by atoms with Crippen LogP contribution < -0.4 is 0 Å². The van der Waals surface area contributed by atoms with Crippen molar-refractivity contribution in [2.75, 3.05) is 18.6 Å². The van der Waals surface area contributed by atoms with Crippen LogP contribution in [0.1, 0.15) is 20.3 Å². The first kappa shape index (κ1) is 14.9. The first-order valence-corrected chi connectivity index (χ1v) is 6.92. The highest BCUT2D eigenvalue weighted by molar-refractivity contribution is 7.91. The molecule has 1 atom stereocenters. The Kier molecular flexibility index (Phi) is 5.43. The van der Waals surface area contributed by atoms with E-state index in [2.05, 4.69) is 0 Å². The smallest absolute Gasteiger partial charge is 0.323 e. The van der Waals surface area contributed by atoms with Gasteiger partial charge in [-0.1, -0.05) is 6.92 Å². The Bertz CT molecular complexity index is 362. The Hall–Kier alpha value is -1.11. The summed E-state index contributed by atoms with van der Waals surface area (Å²) >= 11 is 0. The van der Waals surface area contributed by atoms with Crippen LogP contribution in [-0.4, -0.2) is 54.9 Å². The molecule has 0 fully saturated rings. The fraction of sp³-hybridized carbons (Fsp3) is 0.778. The zero-order valence-corrected chi connectivity index (χ0v) is 10.5. The van der Waals surface area contributed by atoms with Crippen molar-refractivity contribution in [3.63, 3.8) is 0 Å². The number of hydrogen-bond acceptors (Lipinski definition) is 4. The van der Waals surface area contributed by atoms with Gasteiger partial charge in [-0.15, -0.1) is 0 Å². The van der Waals surface area contributed by atoms with E-state index in [1.807, 2.05) is 0 Å². The van der Waals surface area contributed by atoms with Crippen LogP contribution in [0.25, 0.3) is 0 Å². The second kappa shape index (κ2) is 5.83. The first-order chi connectivity index (χ1) is 7.17. The van der Waals surface area contributed by atoms with Crippen LogP contribution in [0.2, 0.25) is 0 Å². The van der Waals surface area contributed by atoms with E-state index in [4.69, 9.17) is 5.11 Å². The second-order valence-electron chi connectivity index (χ2n) is 3.74. The molecule has 0 aliphatic rings.